The minimum atomic E-state index is -4.91. The fourth-order valence-corrected chi connectivity index (χ4v) is 2.90. The number of nitriles is 1. The molecule has 0 aliphatic carbocycles. The van der Waals surface area contributed by atoms with E-state index in [1.54, 1.807) is 6.07 Å². The maximum absolute atomic E-state index is 12.7. The van der Waals surface area contributed by atoms with E-state index in [1.807, 2.05) is 0 Å². The van der Waals surface area contributed by atoms with Crippen LogP contribution in [0.3, 0.4) is 0 Å². The lowest BCUT2D eigenvalue weighted by molar-refractivity contribution is -0.139. The Morgan fingerprint density at radius 2 is 1.94 bits per heavy atom. The van der Waals surface area contributed by atoms with E-state index in [0.29, 0.717) is 6.07 Å². The first-order valence-corrected chi connectivity index (χ1v) is 6.71. The van der Waals surface area contributed by atoms with Crippen LogP contribution in [0, 0.1) is 11.3 Å². The highest BCUT2D eigenvalue weighted by atomic mass is 35.7. The summed E-state index contributed by atoms with van der Waals surface area (Å²) in [6.45, 7) is -0.548. The van der Waals surface area contributed by atoms with Gasteiger partial charge in [0.15, 0.2) is 0 Å². The molecule has 0 bridgehead atoms. The molecule has 0 atom stereocenters. The Kier molecular flexibility index (Phi) is 3.90. The lowest BCUT2D eigenvalue weighted by atomic mass is 10.0. The topological polar surface area (TPSA) is 84.0 Å². The second-order valence-corrected chi connectivity index (χ2v) is 5.72. The SMILES string of the molecule is N#Cc1ccc(C(F)(F)F)c(S(=O)(=O)Cl)c1CN. The molecule has 0 unspecified atom stereocenters. The zero-order valence-electron chi connectivity index (χ0n) is 8.62. The molecular formula is C9H6ClF3N2O2S. The normalized spacial score (nSPS) is 12.2. The van der Waals surface area contributed by atoms with Gasteiger partial charge in [-0.1, -0.05) is 0 Å². The predicted molar refractivity (Wildman–Crippen MR) is 57.1 cm³/mol. The van der Waals surface area contributed by atoms with Gasteiger partial charge in [-0.3, -0.25) is 0 Å². The van der Waals surface area contributed by atoms with Crippen LogP contribution in [0.15, 0.2) is 17.0 Å². The van der Waals surface area contributed by atoms with Crippen LogP contribution >= 0.6 is 10.7 Å². The Balaban J connectivity index is 3.85. The number of hydrogen-bond donors (Lipinski definition) is 1. The molecule has 0 aliphatic rings. The molecule has 98 valence electrons. The fraction of sp³-hybridized carbons (Fsp3) is 0.222. The van der Waals surface area contributed by atoms with Gasteiger partial charge in [0.2, 0.25) is 0 Å². The van der Waals surface area contributed by atoms with Crippen molar-refractivity contribution in [3.05, 3.63) is 28.8 Å². The van der Waals surface area contributed by atoms with Gasteiger partial charge in [0.25, 0.3) is 9.05 Å². The lowest BCUT2D eigenvalue weighted by Crippen LogP contribution is -2.16. The Labute approximate surface area is 105 Å². The molecule has 2 N–H and O–H groups in total. The summed E-state index contributed by atoms with van der Waals surface area (Å²) in [5.74, 6) is 0. The molecule has 0 saturated heterocycles. The van der Waals surface area contributed by atoms with E-state index >= 15 is 0 Å². The highest BCUT2D eigenvalue weighted by Crippen LogP contribution is 2.38. The average molecular weight is 299 g/mol. The number of benzene rings is 1. The monoisotopic (exact) mass is 298 g/mol. The molecule has 1 aromatic rings. The van der Waals surface area contributed by atoms with Crippen molar-refractivity contribution in [1.29, 1.82) is 5.26 Å². The van der Waals surface area contributed by atoms with Crippen LogP contribution in [-0.2, 0) is 21.8 Å². The van der Waals surface area contributed by atoms with E-state index in [9.17, 15) is 21.6 Å². The van der Waals surface area contributed by atoms with Crippen LogP contribution in [-0.4, -0.2) is 8.42 Å². The molecule has 9 heteroatoms. The van der Waals surface area contributed by atoms with Crippen LogP contribution in [0.1, 0.15) is 16.7 Å². The van der Waals surface area contributed by atoms with Crippen molar-refractivity contribution in [2.45, 2.75) is 17.6 Å². The number of rotatable bonds is 2. The van der Waals surface area contributed by atoms with E-state index in [4.69, 9.17) is 21.7 Å². The summed E-state index contributed by atoms with van der Waals surface area (Å²) in [6.07, 6.45) is -4.91. The highest BCUT2D eigenvalue weighted by molar-refractivity contribution is 8.13. The Bertz CT molecular complexity index is 620. The summed E-state index contributed by atoms with van der Waals surface area (Å²) < 4.78 is 60.5. The molecule has 18 heavy (non-hydrogen) atoms. The molecule has 0 heterocycles. The van der Waals surface area contributed by atoms with Crippen molar-refractivity contribution < 1.29 is 21.6 Å². The van der Waals surface area contributed by atoms with Crippen LogP contribution in [0.25, 0.3) is 0 Å². The van der Waals surface area contributed by atoms with Gasteiger partial charge >= 0.3 is 6.18 Å². The number of halogens is 4. The summed E-state index contributed by atoms with van der Waals surface area (Å²) in [7, 11) is 0.319. The fourth-order valence-electron chi connectivity index (χ4n) is 1.44. The van der Waals surface area contributed by atoms with E-state index in [0.717, 1.165) is 6.07 Å². The summed E-state index contributed by atoms with van der Waals surface area (Å²) in [5, 5.41) is 8.71. The van der Waals surface area contributed by atoms with Gasteiger partial charge in [-0.15, -0.1) is 0 Å². The third-order valence-corrected chi connectivity index (χ3v) is 3.55. The van der Waals surface area contributed by atoms with Crippen molar-refractivity contribution in [3.63, 3.8) is 0 Å². The number of nitrogens with two attached hydrogens (primary N) is 1. The first-order chi connectivity index (χ1) is 8.12. The molecular weight excluding hydrogens is 293 g/mol. The van der Waals surface area contributed by atoms with E-state index in [2.05, 4.69) is 0 Å². The van der Waals surface area contributed by atoms with Gasteiger partial charge in [-0.2, -0.15) is 18.4 Å². The smallest absolute Gasteiger partial charge is 0.326 e. The van der Waals surface area contributed by atoms with Gasteiger partial charge < -0.3 is 5.73 Å². The van der Waals surface area contributed by atoms with Gasteiger partial charge in [0.05, 0.1) is 17.2 Å². The van der Waals surface area contributed by atoms with Gasteiger partial charge in [0.1, 0.15) is 4.90 Å². The third kappa shape index (κ3) is 2.75. The highest BCUT2D eigenvalue weighted by Gasteiger charge is 2.38. The van der Waals surface area contributed by atoms with Crippen LogP contribution < -0.4 is 5.73 Å². The zero-order valence-corrected chi connectivity index (χ0v) is 10.2. The first kappa shape index (κ1) is 14.8. The molecule has 0 amide bonds. The minimum Gasteiger partial charge on any atom is -0.326 e. The second kappa shape index (κ2) is 4.76. The molecule has 0 aliphatic heterocycles. The Morgan fingerprint density at radius 3 is 2.28 bits per heavy atom. The Morgan fingerprint density at radius 1 is 1.39 bits per heavy atom. The number of nitrogens with zero attached hydrogens (tertiary/aromatic N) is 1. The van der Waals surface area contributed by atoms with Gasteiger partial charge in [-0.05, 0) is 12.1 Å². The molecule has 1 aromatic carbocycles. The zero-order chi connectivity index (χ0) is 14.1. The molecule has 1 rings (SSSR count). The molecule has 0 fully saturated rings. The molecule has 0 spiro atoms. The van der Waals surface area contributed by atoms with Crippen molar-refractivity contribution in [1.82, 2.24) is 0 Å². The molecule has 0 aromatic heterocycles. The average Bonchev–Trinajstić information content (AvgIpc) is 2.24. The number of alkyl halides is 3. The summed E-state index contributed by atoms with van der Waals surface area (Å²) in [4.78, 5) is -1.15. The van der Waals surface area contributed by atoms with E-state index in [1.165, 1.54) is 0 Å². The quantitative estimate of drug-likeness (QED) is 0.846. The minimum absolute atomic E-state index is 0.260. The van der Waals surface area contributed by atoms with Crippen LogP contribution in [0.2, 0.25) is 0 Å². The van der Waals surface area contributed by atoms with Crippen molar-refractivity contribution in [3.8, 4) is 6.07 Å². The molecule has 0 radical (unpaired) electrons. The van der Waals surface area contributed by atoms with E-state index < -0.39 is 37.8 Å². The van der Waals surface area contributed by atoms with E-state index in [-0.39, 0.29) is 5.56 Å². The van der Waals surface area contributed by atoms with Crippen LogP contribution in [0.4, 0.5) is 13.2 Å². The predicted octanol–water partition coefficient (Wildman–Crippen LogP) is 1.96. The second-order valence-electron chi connectivity index (χ2n) is 3.22. The maximum atomic E-state index is 12.7. The van der Waals surface area contributed by atoms with Crippen molar-refractivity contribution in [2.75, 3.05) is 0 Å². The lowest BCUT2D eigenvalue weighted by Gasteiger charge is -2.14. The summed E-state index contributed by atoms with van der Waals surface area (Å²) in [5.41, 5.74) is 3.06. The third-order valence-electron chi connectivity index (χ3n) is 2.13. The molecule has 0 saturated carbocycles. The summed E-state index contributed by atoms with van der Waals surface area (Å²) >= 11 is 0. The maximum Gasteiger partial charge on any atom is 0.417 e. The van der Waals surface area contributed by atoms with Crippen LogP contribution in [0.5, 0.6) is 0 Å². The largest absolute Gasteiger partial charge is 0.417 e. The standard InChI is InChI=1S/C9H6ClF3N2O2S/c10-18(16,17)8-6(4-15)5(3-14)1-2-7(8)9(11,12)13/h1-2H,4,15H2. The Hall–Kier alpha value is -1.30. The molecule has 4 nitrogen and oxygen atoms in total. The van der Waals surface area contributed by atoms with Gasteiger partial charge in [0, 0.05) is 22.8 Å². The first-order valence-electron chi connectivity index (χ1n) is 4.40. The summed E-state index contributed by atoms with van der Waals surface area (Å²) in [6, 6.07) is 2.92. The number of hydrogen-bond acceptors (Lipinski definition) is 4. The van der Waals surface area contributed by atoms with Gasteiger partial charge in [-0.25, -0.2) is 8.42 Å². The van der Waals surface area contributed by atoms with Crippen molar-refractivity contribution >= 4 is 19.7 Å². The van der Waals surface area contributed by atoms with Crippen molar-refractivity contribution in [2.24, 2.45) is 5.73 Å².